The third-order valence-electron chi connectivity index (χ3n) is 4.12. The molecule has 3 N–H and O–H groups in total. The van der Waals surface area contributed by atoms with Gasteiger partial charge < -0.3 is 10.6 Å². The summed E-state index contributed by atoms with van der Waals surface area (Å²) in [5.74, 6) is 0.288. The molecule has 1 saturated carbocycles. The van der Waals surface area contributed by atoms with Crippen LogP contribution in [0.25, 0.3) is 0 Å². The summed E-state index contributed by atoms with van der Waals surface area (Å²) in [4.78, 5) is 11.9. The van der Waals surface area contributed by atoms with Gasteiger partial charge in [0.05, 0.1) is 22.8 Å². The second-order valence-electron chi connectivity index (χ2n) is 5.97. The third kappa shape index (κ3) is 5.70. The van der Waals surface area contributed by atoms with Crippen molar-refractivity contribution >= 4 is 23.2 Å². The van der Waals surface area contributed by atoms with E-state index >= 15 is 0 Å². The molecule has 0 bridgehead atoms. The molecule has 0 unspecified atom stereocenters. The number of nitrogens with two attached hydrogens (primary N) is 1. The van der Waals surface area contributed by atoms with Gasteiger partial charge in [0.15, 0.2) is 6.54 Å². The van der Waals surface area contributed by atoms with Gasteiger partial charge in [-0.25, -0.2) is 0 Å². The van der Waals surface area contributed by atoms with E-state index in [9.17, 15) is 18.0 Å². The largest absolute Gasteiger partial charge is 0.416 e. The maximum atomic E-state index is 12.7. The summed E-state index contributed by atoms with van der Waals surface area (Å²) < 4.78 is 38.1. The highest BCUT2D eigenvalue weighted by atomic mass is 35.5. The molecule has 23 heavy (non-hydrogen) atoms. The summed E-state index contributed by atoms with van der Waals surface area (Å²) in [5, 5.41) is 4.46. The van der Waals surface area contributed by atoms with Crippen molar-refractivity contribution in [2.75, 3.05) is 18.4 Å². The Morgan fingerprint density at radius 1 is 1.26 bits per heavy atom. The fourth-order valence-electron chi connectivity index (χ4n) is 2.87. The van der Waals surface area contributed by atoms with Crippen LogP contribution in [-0.2, 0) is 11.0 Å². The molecule has 0 aliphatic heterocycles. The van der Waals surface area contributed by atoms with Crippen molar-refractivity contribution in [3.8, 4) is 0 Å². The molecule has 1 amide bonds. The number of alkyl halides is 3. The lowest BCUT2D eigenvalue weighted by molar-refractivity contribution is -0.649. The quantitative estimate of drug-likeness (QED) is 0.840. The van der Waals surface area contributed by atoms with Crippen LogP contribution in [0.2, 0.25) is 5.02 Å². The summed E-state index contributed by atoms with van der Waals surface area (Å²) in [6.45, 7) is 1.06. The van der Waals surface area contributed by atoms with Crippen LogP contribution in [0.1, 0.15) is 37.7 Å². The van der Waals surface area contributed by atoms with E-state index in [-0.39, 0.29) is 23.2 Å². The number of benzene rings is 1. The minimum absolute atomic E-state index is 0.00226. The first-order valence-electron chi connectivity index (χ1n) is 7.84. The number of quaternary nitrogens is 1. The summed E-state index contributed by atoms with van der Waals surface area (Å²) >= 11 is 5.85. The van der Waals surface area contributed by atoms with Crippen molar-refractivity contribution in [3.63, 3.8) is 0 Å². The Bertz CT molecular complexity index is 543. The van der Waals surface area contributed by atoms with Crippen LogP contribution in [0.3, 0.4) is 0 Å². The Morgan fingerprint density at radius 3 is 2.61 bits per heavy atom. The summed E-state index contributed by atoms with van der Waals surface area (Å²) in [5.41, 5.74) is -0.832. The van der Waals surface area contributed by atoms with Crippen LogP contribution in [0, 0.1) is 5.92 Å². The number of anilines is 1. The molecule has 0 aromatic heterocycles. The number of amides is 1. The first kappa shape index (κ1) is 18.1. The molecule has 1 aromatic rings. The van der Waals surface area contributed by atoms with Crippen LogP contribution in [-0.4, -0.2) is 19.0 Å². The Labute approximate surface area is 138 Å². The van der Waals surface area contributed by atoms with Crippen molar-refractivity contribution in [2.45, 2.75) is 38.3 Å². The van der Waals surface area contributed by atoms with Crippen molar-refractivity contribution in [1.82, 2.24) is 0 Å². The van der Waals surface area contributed by atoms with E-state index in [2.05, 4.69) is 5.32 Å². The van der Waals surface area contributed by atoms with Gasteiger partial charge in [-0.05, 0) is 31.0 Å². The summed E-state index contributed by atoms with van der Waals surface area (Å²) in [6.07, 6.45) is 1.69. The predicted molar refractivity (Wildman–Crippen MR) is 83.3 cm³/mol. The Morgan fingerprint density at radius 2 is 1.96 bits per heavy atom. The lowest BCUT2D eigenvalue weighted by Crippen LogP contribution is -2.87. The lowest BCUT2D eigenvalue weighted by atomic mass is 9.89. The van der Waals surface area contributed by atoms with E-state index < -0.39 is 11.7 Å². The van der Waals surface area contributed by atoms with Crippen LogP contribution in [0.5, 0.6) is 0 Å². The van der Waals surface area contributed by atoms with E-state index in [1.54, 1.807) is 0 Å². The Hall–Kier alpha value is -1.27. The van der Waals surface area contributed by atoms with Crippen LogP contribution < -0.4 is 10.6 Å². The van der Waals surface area contributed by atoms with Gasteiger partial charge in [0.25, 0.3) is 5.91 Å². The number of carbonyl (C=O) groups is 1. The zero-order valence-corrected chi connectivity index (χ0v) is 13.5. The van der Waals surface area contributed by atoms with E-state index in [1.807, 2.05) is 5.32 Å². The smallest absolute Gasteiger partial charge is 0.338 e. The maximum absolute atomic E-state index is 12.7. The zero-order chi connectivity index (χ0) is 16.9. The van der Waals surface area contributed by atoms with Crippen LogP contribution >= 0.6 is 11.6 Å². The number of carbonyl (C=O) groups excluding carboxylic acids is 1. The first-order chi connectivity index (χ1) is 10.9. The number of nitrogens with one attached hydrogen (secondary N) is 1. The van der Waals surface area contributed by atoms with Gasteiger partial charge in [-0.1, -0.05) is 30.9 Å². The predicted octanol–water partition coefficient (Wildman–Crippen LogP) is 3.44. The van der Waals surface area contributed by atoms with Crippen molar-refractivity contribution in [3.05, 3.63) is 28.8 Å². The van der Waals surface area contributed by atoms with Crippen LogP contribution in [0.15, 0.2) is 18.2 Å². The molecule has 1 aromatic carbocycles. The number of rotatable bonds is 5. The normalized spacial score (nSPS) is 16.3. The molecule has 128 valence electrons. The zero-order valence-electron chi connectivity index (χ0n) is 12.8. The number of halogens is 4. The molecule has 0 radical (unpaired) electrons. The maximum Gasteiger partial charge on any atom is 0.416 e. The molecule has 0 spiro atoms. The number of hydrogen-bond donors (Lipinski definition) is 2. The van der Waals surface area contributed by atoms with Crippen molar-refractivity contribution < 1.29 is 23.3 Å². The fraction of sp³-hybridized carbons (Fsp3) is 0.562. The van der Waals surface area contributed by atoms with Gasteiger partial charge >= 0.3 is 6.18 Å². The monoisotopic (exact) mass is 349 g/mol. The van der Waals surface area contributed by atoms with Crippen molar-refractivity contribution in [1.29, 1.82) is 0 Å². The average molecular weight is 350 g/mol. The standard InChI is InChI=1S/C16H20ClF3N2O/c17-13-7-6-12(16(18,19)20)8-14(13)22-15(23)10-21-9-11-4-2-1-3-5-11/h6-8,11,21H,1-5,9-10H2,(H,22,23)/p+1. The van der Waals surface area contributed by atoms with Gasteiger partial charge in [-0.15, -0.1) is 0 Å². The molecule has 0 saturated heterocycles. The summed E-state index contributed by atoms with van der Waals surface area (Å²) in [6, 6.07) is 2.90. The molecular formula is C16H21ClF3N2O+. The van der Waals surface area contributed by atoms with E-state index in [0.717, 1.165) is 24.7 Å². The highest BCUT2D eigenvalue weighted by molar-refractivity contribution is 6.33. The molecule has 7 heteroatoms. The van der Waals surface area contributed by atoms with Gasteiger partial charge in [0.1, 0.15) is 0 Å². The SMILES string of the molecule is O=C(C[NH2+]CC1CCCCC1)Nc1cc(C(F)(F)F)ccc1Cl. The highest BCUT2D eigenvalue weighted by Crippen LogP contribution is 2.33. The molecule has 0 atom stereocenters. The second-order valence-corrected chi connectivity index (χ2v) is 6.38. The molecule has 1 fully saturated rings. The summed E-state index contributed by atoms with van der Waals surface area (Å²) in [7, 11) is 0. The molecule has 0 heterocycles. The topological polar surface area (TPSA) is 45.7 Å². The Kier molecular flexibility index (Phi) is 6.30. The lowest BCUT2D eigenvalue weighted by Gasteiger charge is -2.19. The third-order valence-corrected chi connectivity index (χ3v) is 4.45. The van der Waals surface area contributed by atoms with Gasteiger partial charge in [0, 0.05) is 5.92 Å². The van der Waals surface area contributed by atoms with Gasteiger partial charge in [-0.3, -0.25) is 4.79 Å². The van der Waals surface area contributed by atoms with Gasteiger partial charge in [0.2, 0.25) is 0 Å². The van der Waals surface area contributed by atoms with Crippen LogP contribution in [0.4, 0.5) is 18.9 Å². The minimum Gasteiger partial charge on any atom is -0.338 e. The highest BCUT2D eigenvalue weighted by Gasteiger charge is 2.31. The molecule has 2 rings (SSSR count). The number of hydrogen-bond acceptors (Lipinski definition) is 1. The Balaban J connectivity index is 1.84. The molecule has 1 aliphatic carbocycles. The molecular weight excluding hydrogens is 329 g/mol. The first-order valence-corrected chi connectivity index (χ1v) is 8.22. The van der Waals surface area contributed by atoms with Crippen molar-refractivity contribution in [2.24, 2.45) is 5.92 Å². The minimum atomic E-state index is -4.46. The van der Waals surface area contributed by atoms with Gasteiger partial charge in [-0.2, -0.15) is 13.2 Å². The average Bonchev–Trinajstić information content (AvgIpc) is 2.49. The van der Waals surface area contributed by atoms with E-state index in [1.165, 1.54) is 32.1 Å². The molecule has 3 nitrogen and oxygen atoms in total. The van der Waals surface area contributed by atoms with E-state index in [4.69, 9.17) is 11.6 Å². The fourth-order valence-corrected chi connectivity index (χ4v) is 3.04. The molecule has 1 aliphatic rings. The van der Waals surface area contributed by atoms with E-state index in [0.29, 0.717) is 5.92 Å². The second kappa shape index (κ2) is 8.02.